The van der Waals surface area contributed by atoms with Gasteiger partial charge in [0.15, 0.2) is 0 Å². The van der Waals surface area contributed by atoms with E-state index in [1.54, 1.807) is 0 Å². The number of hydrogen-bond donors (Lipinski definition) is 0. The molecule has 0 aromatic carbocycles. The summed E-state index contributed by atoms with van der Waals surface area (Å²) in [5.41, 5.74) is 3.45. The van der Waals surface area contributed by atoms with Crippen molar-refractivity contribution in [3.63, 3.8) is 0 Å². The van der Waals surface area contributed by atoms with Gasteiger partial charge in [0.2, 0.25) is 0 Å². The second kappa shape index (κ2) is 5.59. The molecule has 0 aliphatic heterocycles. The summed E-state index contributed by atoms with van der Waals surface area (Å²) in [5.74, 6) is 1.06. The Hall–Kier alpha value is -1.58. The van der Waals surface area contributed by atoms with Crippen LogP contribution in [0.3, 0.4) is 0 Å². The average molecular weight is 260 g/mol. The summed E-state index contributed by atoms with van der Waals surface area (Å²) in [6.07, 6.45) is 4.35. The molecule has 0 atom stereocenters. The van der Waals surface area contributed by atoms with Crippen LogP contribution in [-0.4, -0.2) is 19.3 Å². The van der Waals surface area contributed by atoms with Crippen molar-refractivity contribution in [1.29, 1.82) is 0 Å². The first-order valence-electron chi connectivity index (χ1n) is 7.11. The van der Waals surface area contributed by atoms with Crippen molar-refractivity contribution < 1.29 is 0 Å². The summed E-state index contributed by atoms with van der Waals surface area (Å²) >= 11 is 0. The van der Waals surface area contributed by atoms with Crippen molar-refractivity contribution in [2.45, 2.75) is 60.0 Å². The molecule has 0 bridgehead atoms. The third-order valence-electron chi connectivity index (χ3n) is 3.95. The predicted molar refractivity (Wildman–Crippen MR) is 77.4 cm³/mol. The highest BCUT2D eigenvalue weighted by Crippen LogP contribution is 2.16. The van der Waals surface area contributed by atoms with E-state index in [-0.39, 0.29) is 0 Å². The molecule has 0 fully saturated rings. The Morgan fingerprint density at radius 3 is 2.37 bits per heavy atom. The number of aromatic nitrogens is 4. The van der Waals surface area contributed by atoms with Gasteiger partial charge in [0, 0.05) is 11.9 Å². The van der Waals surface area contributed by atoms with Crippen LogP contribution in [0, 0.1) is 20.8 Å². The van der Waals surface area contributed by atoms with Crippen LogP contribution in [0.15, 0.2) is 12.3 Å². The van der Waals surface area contributed by atoms with E-state index in [1.165, 1.54) is 5.69 Å². The zero-order chi connectivity index (χ0) is 14.0. The van der Waals surface area contributed by atoms with E-state index in [2.05, 4.69) is 61.1 Å². The van der Waals surface area contributed by atoms with Crippen molar-refractivity contribution in [1.82, 2.24) is 19.3 Å². The van der Waals surface area contributed by atoms with E-state index >= 15 is 0 Å². The summed E-state index contributed by atoms with van der Waals surface area (Å²) in [6, 6.07) is 2.63. The van der Waals surface area contributed by atoms with Crippen molar-refractivity contribution in [2.24, 2.45) is 0 Å². The van der Waals surface area contributed by atoms with Crippen LogP contribution in [0.25, 0.3) is 0 Å². The molecule has 19 heavy (non-hydrogen) atoms. The zero-order valence-electron chi connectivity index (χ0n) is 12.6. The highest BCUT2D eigenvalue weighted by molar-refractivity contribution is 5.15. The molecule has 2 aromatic rings. The van der Waals surface area contributed by atoms with Gasteiger partial charge in [0.25, 0.3) is 0 Å². The van der Waals surface area contributed by atoms with Crippen molar-refractivity contribution in [2.75, 3.05) is 0 Å². The predicted octanol–water partition coefficient (Wildman–Crippen LogP) is 3.41. The molecule has 0 saturated heterocycles. The lowest BCUT2D eigenvalue weighted by atomic mass is 10.2. The highest BCUT2D eigenvalue weighted by Gasteiger charge is 2.11. The molecular formula is C15H24N4. The molecule has 0 aliphatic carbocycles. The molecule has 4 heteroatoms. The summed E-state index contributed by atoms with van der Waals surface area (Å²) < 4.78 is 4.33. The van der Waals surface area contributed by atoms with E-state index in [4.69, 9.17) is 5.10 Å². The fourth-order valence-electron chi connectivity index (χ4n) is 2.54. The normalized spacial score (nSPS) is 11.5. The summed E-state index contributed by atoms with van der Waals surface area (Å²) in [4.78, 5) is 4.51. The molecule has 104 valence electrons. The van der Waals surface area contributed by atoms with Crippen LogP contribution < -0.4 is 0 Å². The first kappa shape index (κ1) is 13.8. The molecule has 0 saturated carbocycles. The smallest absolute Gasteiger partial charge is 0.106 e. The molecular weight excluding hydrogens is 236 g/mol. The van der Waals surface area contributed by atoms with Gasteiger partial charge >= 0.3 is 0 Å². The van der Waals surface area contributed by atoms with Crippen LogP contribution in [0.4, 0.5) is 0 Å². The minimum absolute atomic E-state index is 0.514. The molecule has 0 amide bonds. The molecule has 0 N–H and O–H groups in total. The monoisotopic (exact) mass is 260 g/mol. The minimum Gasteiger partial charge on any atom is -0.326 e. The number of hydrogen-bond acceptors (Lipinski definition) is 2. The van der Waals surface area contributed by atoms with Crippen LogP contribution >= 0.6 is 0 Å². The Balaban J connectivity index is 2.20. The van der Waals surface area contributed by atoms with E-state index in [0.717, 1.165) is 36.6 Å². The zero-order valence-corrected chi connectivity index (χ0v) is 12.6. The Morgan fingerprint density at radius 2 is 1.84 bits per heavy atom. The van der Waals surface area contributed by atoms with Gasteiger partial charge in [0.1, 0.15) is 5.82 Å². The van der Waals surface area contributed by atoms with E-state index < -0.39 is 0 Å². The van der Waals surface area contributed by atoms with Gasteiger partial charge in [-0.1, -0.05) is 13.8 Å². The SMILES string of the molecule is CCC(CC)n1ccc(Cn2c(C)nc(C)c2C)n1. The highest BCUT2D eigenvalue weighted by atomic mass is 15.3. The maximum Gasteiger partial charge on any atom is 0.106 e. The number of rotatable bonds is 5. The summed E-state index contributed by atoms with van der Waals surface area (Å²) in [7, 11) is 0. The summed E-state index contributed by atoms with van der Waals surface area (Å²) in [6.45, 7) is 11.5. The van der Waals surface area contributed by atoms with E-state index in [9.17, 15) is 0 Å². The molecule has 2 heterocycles. The standard InChI is InChI=1S/C15H24N4/c1-6-15(7-2)19-9-8-14(17-19)10-18-12(4)11(3)16-13(18)5/h8-9,15H,6-7,10H2,1-5H3. The van der Waals surface area contributed by atoms with Gasteiger partial charge in [-0.15, -0.1) is 0 Å². The maximum atomic E-state index is 4.71. The van der Waals surface area contributed by atoms with E-state index in [0.29, 0.717) is 6.04 Å². The lowest BCUT2D eigenvalue weighted by Gasteiger charge is -2.12. The molecule has 4 nitrogen and oxygen atoms in total. The first-order chi connectivity index (χ1) is 9.06. The molecule has 2 aromatic heterocycles. The topological polar surface area (TPSA) is 35.6 Å². The van der Waals surface area contributed by atoms with Gasteiger partial charge in [-0.3, -0.25) is 4.68 Å². The van der Waals surface area contributed by atoms with Gasteiger partial charge in [-0.05, 0) is 39.7 Å². The number of aryl methyl sites for hydroxylation is 2. The van der Waals surface area contributed by atoms with Crippen LogP contribution in [-0.2, 0) is 6.54 Å². The molecule has 0 radical (unpaired) electrons. The van der Waals surface area contributed by atoms with Gasteiger partial charge in [-0.25, -0.2) is 4.98 Å². The van der Waals surface area contributed by atoms with Crippen LogP contribution in [0.2, 0.25) is 0 Å². The van der Waals surface area contributed by atoms with Gasteiger partial charge in [0.05, 0.1) is 24.0 Å². The Bertz CT molecular complexity index is 546. The first-order valence-corrected chi connectivity index (χ1v) is 7.11. The Labute approximate surface area is 115 Å². The van der Waals surface area contributed by atoms with Crippen molar-refractivity contribution in [3.8, 4) is 0 Å². The van der Waals surface area contributed by atoms with Crippen molar-refractivity contribution >= 4 is 0 Å². The lowest BCUT2D eigenvalue weighted by Crippen LogP contribution is -2.10. The van der Waals surface area contributed by atoms with Crippen LogP contribution in [0.1, 0.15) is 55.6 Å². The molecule has 0 aliphatic rings. The molecule has 0 unspecified atom stereocenters. The molecule has 0 spiro atoms. The second-order valence-electron chi connectivity index (χ2n) is 5.17. The second-order valence-corrected chi connectivity index (χ2v) is 5.17. The quantitative estimate of drug-likeness (QED) is 0.826. The fraction of sp³-hybridized carbons (Fsp3) is 0.600. The lowest BCUT2D eigenvalue weighted by molar-refractivity contribution is 0.424. The van der Waals surface area contributed by atoms with E-state index in [1.807, 2.05) is 0 Å². The Kier molecular flexibility index (Phi) is 4.08. The van der Waals surface area contributed by atoms with Gasteiger partial charge < -0.3 is 4.57 Å². The largest absolute Gasteiger partial charge is 0.326 e. The van der Waals surface area contributed by atoms with Crippen LogP contribution in [0.5, 0.6) is 0 Å². The fourth-order valence-corrected chi connectivity index (χ4v) is 2.54. The van der Waals surface area contributed by atoms with Crippen molar-refractivity contribution in [3.05, 3.63) is 35.2 Å². The average Bonchev–Trinajstić information content (AvgIpc) is 2.93. The molecule has 2 rings (SSSR count). The van der Waals surface area contributed by atoms with Gasteiger partial charge in [-0.2, -0.15) is 5.10 Å². The number of imidazole rings is 1. The third kappa shape index (κ3) is 2.72. The summed E-state index contributed by atoms with van der Waals surface area (Å²) in [5, 5.41) is 4.71. The third-order valence-corrected chi connectivity index (χ3v) is 3.95. The number of nitrogens with zero attached hydrogens (tertiary/aromatic N) is 4. The minimum atomic E-state index is 0.514. The Morgan fingerprint density at radius 1 is 1.16 bits per heavy atom. The maximum absolute atomic E-state index is 4.71.